The number of halogens is 3. The molecule has 0 radical (unpaired) electrons. The van der Waals surface area contributed by atoms with Crippen molar-refractivity contribution in [1.82, 2.24) is 20.9 Å². The predicted molar refractivity (Wildman–Crippen MR) is 145 cm³/mol. The lowest BCUT2D eigenvalue weighted by Crippen LogP contribution is -2.41. The molecule has 1 aliphatic rings. The van der Waals surface area contributed by atoms with Crippen LogP contribution in [0.1, 0.15) is 47.1 Å². The van der Waals surface area contributed by atoms with Gasteiger partial charge in [0.1, 0.15) is 5.69 Å². The highest BCUT2D eigenvalue weighted by molar-refractivity contribution is 5.95. The highest BCUT2D eigenvalue weighted by Gasteiger charge is 2.37. The van der Waals surface area contributed by atoms with Crippen molar-refractivity contribution in [3.8, 4) is 0 Å². The van der Waals surface area contributed by atoms with Crippen LogP contribution in [0.15, 0.2) is 57.8 Å². The number of carbonyl (C=O) groups is 2. The molecule has 1 heterocycles. The van der Waals surface area contributed by atoms with Gasteiger partial charge < -0.3 is 26.4 Å². The number of amides is 2. The largest absolute Gasteiger partial charge is 0.419 e. The van der Waals surface area contributed by atoms with Crippen molar-refractivity contribution in [3.05, 3.63) is 70.2 Å². The Bertz CT molecular complexity index is 1340. The van der Waals surface area contributed by atoms with Crippen LogP contribution in [-0.2, 0) is 16.0 Å². The maximum Gasteiger partial charge on any atom is 0.419 e. The second-order valence-electron chi connectivity index (χ2n) is 9.20. The number of aryl methyl sites for hydroxylation is 1. The van der Waals surface area contributed by atoms with Gasteiger partial charge in [-0.15, -0.1) is 0 Å². The number of aromatic nitrogens is 1. The summed E-state index contributed by atoms with van der Waals surface area (Å²) >= 11 is 0. The number of carbonyl (C=O) groups excluding carboxylic acids is 2. The average Bonchev–Trinajstić information content (AvgIpc) is 3.20. The molecule has 0 spiro atoms. The number of hydrogen-bond donors (Lipinski definition) is 4. The van der Waals surface area contributed by atoms with Crippen molar-refractivity contribution < 1.29 is 27.5 Å². The van der Waals surface area contributed by atoms with Gasteiger partial charge in [-0.1, -0.05) is 24.3 Å². The number of nitrogens with two attached hydrogens (primary N) is 1. The van der Waals surface area contributed by atoms with Gasteiger partial charge in [-0.05, 0) is 43.0 Å². The Kier molecular flexibility index (Phi) is 9.99. The Hall–Kier alpha value is -4.26. The zero-order chi connectivity index (χ0) is 29.4. The summed E-state index contributed by atoms with van der Waals surface area (Å²) in [6.45, 7) is 4.96. The second kappa shape index (κ2) is 13.2. The third kappa shape index (κ3) is 7.88. The average molecular weight is 560 g/mol. The first kappa shape index (κ1) is 30.3. The van der Waals surface area contributed by atoms with Crippen molar-refractivity contribution in [2.75, 3.05) is 20.3 Å². The maximum absolute atomic E-state index is 14.0. The Morgan fingerprint density at radius 2 is 1.95 bits per heavy atom. The minimum absolute atomic E-state index is 0.144. The van der Waals surface area contributed by atoms with Gasteiger partial charge >= 0.3 is 6.18 Å². The molecule has 0 aliphatic heterocycles. The zero-order valence-electron chi connectivity index (χ0n) is 22.6. The third-order valence-corrected chi connectivity index (χ3v) is 6.17. The number of allylic oxidation sites excluding steroid dienone is 2. The molecule has 2 amide bonds. The topological polar surface area (TPSA) is 143 Å². The summed E-state index contributed by atoms with van der Waals surface area (Å²) in [5.74, 6) is -1.13. The number of nitrogens with one attached hydrogen (secondary N) is 3. The minimum atomic E-state index is -4.74. The number of nitrogens with zero attached hydrogens (tertiary/aromatic N) is 3. The van der Waals surface area contributed by atoms with E-state index in [9.17, 15) is 22.8 Å². The Balaban J connectivity index is 1.80. The molecule has 1 aromatic carbocycles. The molecule has 5 N–H and O–H groups in total. The molecule has 13 heteroatoms. The summed E-state index contributed by atoms with van der Waals surface area (Å²) in [6.07, 6.45) is -2.42. The Labute approximate surface area is 230 Å². The molecule has 0 fully saturated rings. The summed E-state index contributed by atoms with van der Waals surface area (Å²) in [4.78, 5) is 35.8. The van der Waals surface area contributed by atoms with Crippen molar-refractivity contribution in [3.63, 3.8) is 0 Å². The number of guanidine groups is 1. The van der Waals surface area contributed by atoms with E-state index in [4.69, 9.17) is 10.5 Å². The van der Waals surface area contributed by atoms with E-state index in [1.165, 1.54) is 33.2 Å². The van der Waals surface area contributed by atoms with Crippen molar-refractivity contribution in [1.29, 1.82) is 0 Å². The van der Waals surface area contributed by atoms with Crippen LogP contribution in [0.5, 0.6) is 0 Å². The van der Waals surface area contributed by atoms with Gasteiger partial charge in [0, 0.05) is 32.5 Å². The van der Waals surface area contributed by atoms with Crippen molar-refractivity contribution in [2.45, 2.75) is 45.5 Å². The fourth-order valence-electron chi connectivity index (χ4n) is 4.30. The number of methoxy groups -OCH3 is 1. The van der Waals surface area contributed by atoms with E-state index in [0.29, 0.717) is 31.4 Å². The molecule has 1 aliphatic carbocycles. The SMILES string of the molecule is COCCNC(=O)c1cc(C)c(N=C(N)N=C/C(=C(\C)N[C@@H]2Cc3ccccc3[C@H]2NC(C)=O)C(F)(F)F)cn1. The first-order chi connectivity index (χ1) is 18.9. The van der Waals surface area contributed by atoms with E-state index in [1.54, 1.807) is 6.92 Å². The quantitative estimate of drug-likeness (QED) is 0.211. The summed E-state index contributed by atoms with van der Waals surface area (Å²) in [6, 6.07) is 7.87. The monoisotopic (exact) mass is 559 g/mol. The van der Waals surface area contributed by atoms with Gasteiger partial charge in [0.2, 0.25) is 11.9 Å². The number of fused-ring (bicyclic) bond motifs is 1. The van der Waals surface area contributed by atoms with E-state index in [1.807, 2.05) is 24.3 Å². The fraction of sp³-hybridized carbons (Fsp3) is 0.370. The minimum Gasteiger partial charge on any atom is -0.383 e. The molecule has 1 aromatic heterocycles. The second-order valence-corrected chi connectivity index (χ2v) is 9.20. The molecular weight excluding hydrogens is 527 g/mol. The van der Waals surface area contributed by atoms with Gasteiger partial charge in [0.15, 0.2) is 0 Å². The highest BCUT2D eigenvalue weighted by Crippen LogP contribution is 2.33. The Morgan fingerprint density at radius 1 is 1.23 bits per heavy atom. The third-order valence-electron chi connectivity index (χ3n) is 6.17. The van der Waals surface area contributed by atoms with Gasteiger partial charge in [0.25, 0.3) is 5.91 Å². The van der Waals surface area contributed by atoms with Gasteiger partial charge in [-0.2, -0.15) is 13.2 Å². The summed E-state index contributed by atoms with van der Waals surface area (Å²) in [5.41, 5.74) is 7.30. The summed E-state index contributed by atoms with van der Waals surface area (Å²) in [5, 5.41) is 8.38. The molecule has 2 aromatic rings. The van der Waals surface area contributed by atoms with Crippen LogP contribution in [0, 0.1) is 6.92 Å². The Morgan fingerprint density at radius 3 is 2.60 bits per heavy atom. The number of alkyl halides is 3. The van der Waals surface area contributed by atoms with Crippen LogP contribution in [0.4, 0.5) is 18.9 Å². The molecule has 214 valence electrons. The van der Waals surface area contributed by atoms with Crippen LogP contribution in [0.3, 0.4) is 0 Å². The van der Waals surface area contributed by atoms with Crippen LogP contribution < -0.4 is 21.7 Å². The number of aliphatic imine (C=N–C) groups is 2. The van der Waals surface area contributed by atoms with Gasteiger partial charge in [-0.3, -0.25) is 9.59 Å². The molecule has 3 rings (SSSR count). The molecule has 0 unspecified atom stereocenters. The van der Waals surface area contributed by atoms with E-state index < -0.39 is 35.7 Å². The molecule has 40 heavy (non-hydrogen) atoms. The van der Waals surface area contributed by atoms with Gasteiger partial charge in [0.05, 0.1) is 36.1 Å². The summed E-state index contributed by atoms with van der Waals surface area (Å²) < 4.78 is 46.9. The van der Waals surface area contributed by atoms with Crippen molar-refractivity contribution >= 4 is 29.7 Å². The molecule has 0 saturated carbocycles. The first-order valence-electron chi connectivity index (χ1n) is 12.4. The van der Waals surface area contributed by atoms with Crippen molar-refractivity contribution in [2.24, 2.45) is 15.7 Å². The lowest BCUT2D eigenvalue weighted by Gasteiger charge is -2.25. The number of ether oxygens (including phenoxy) is 1. The van der Waals surface area contributed by atoms with Gasteiger partial charge in [-0.25, -0.2) is 15.0 Å². The van der Waals surface area contributed by atoms with E-state index >= 15 is 0 Å². The smallest absolute Gasteiger partial charge is 0.383 e. The van der Waals surface area contributed by atoms with E-state index in [2.05, 4.69) is 30.9 Å². The molecule has 2 atom stereocenters. The normalized spacial score (nSPS) is 17.8. The van der Waals surface area contributed by atoms with Crippen LogP contribution >= 0.6 is 0 Å². The van der Waals surface area contributed by atoms with Crippen LogP contribution in [0.2, 0.25) is 0 Å². The van der Waals surface area contributed by atoms with E-state index in [-0.39, 0.29) is 23.0 Å². The predicted octanol–water partition coefficient (Wildman–Crippen LogP) is 3.01. The highest BCUT2D eigenvalue weighted by atomic mass is 19.4. The fourth-order valence-corrected chi connectivity index (χ4v) is 4.30. The van der Waals surface area contributed by atoms with Crippen LogP contribution in [-0.4, -0.2) is 61.5 Å². The molecule has 0 saturated heterocycles. The molecular formula is C27H32F3N7O3. The standard InChI is InChI=1S/C27H32F3N7O3/c1-15-11-22(25(39)32-9-10-40-4)33-14-23(15)37-26(31)34-13-20(27(28,29)30)16(2)35-21-12-18-7-5-6-8-19(18)24(21)36-17(3)38/h5-8,11,13-14,21,24,35H,9-10,12H2,1-4H3,(H2,31,37)(H,32,39)(H,36,38)/b20-16-,34-13?/t21-,24-/m1/s1. The lowest BCUT2D eigenvalue weighted by atomic mass is 10.1. The maximum atomic E-state index is 14.0. The number of hydrogen-bond acceptors (Lipinski definition) is 6. The number of benzene rings is 1. The lowest BCUT2D eigenvalue weighted by molar-refractivity contribution is -0.119. The van der Waals surface area contributed by atoms with E-state index in [0.717, 1.165) is 11.1 Å². The number of rotatable bonds is 9. The summed E-state index contributed by atoms with van der Waals surface area (Å²) in [7, 11) is 1.51. The van der Waals surface area contributed by atoms with Crippen LogP contribution in [0.25, 0.3) is 0 Å². The zero-order valence-corrected chi connectivity index (χ0v) is 22.6. The molecule has 0 bridgehead atoms. The number of pyridine rings is 1. The first-order valence-corrected chi connectivity index (χ1v) is 12.4. The molecule has 10 nitrogen and oxygen atoms in total.